The van der Waals surface area contributed by atoms with Gasteiger partial charge in [0.2, 0.25) is 5.91 Å². The van der Waals surface area contributed by atoms with Crippen LogP contribution in [0.5, 0.6) is 5.75 Å². The second-order valence-corrected chi connectivity index (χ2v) is 6.05. The Bertz CT molecular complexity index is 416. The van der Waals surface area contributed by atoms with Crippen LogP contribution in [0.4, 0.5) is 0 Å². The summed E-state index contributed by atoms with van der Waals surface area (Å²) in [5, 5.41) is 12.2. The second-order valence-electron chi connectivity index (χ2n) is 4.90. The highest BCUT2D eigenvalue weighted by Crippen LogP contribution is 2.17. The van der Waals surface area contributed by atoms with Gasteiger partial charge < -0.3 is 16.2 Å². The number of benzene rings is 1. The Balaban J connectivity index is 1.83. The van der Waals surface area contributed by atoms with Gasteiger partial charge in [0.15, 0.2) is 0 Å². The summed E-state index contributed by atoms with van der Waals surface area (Å²) >= 11 is 1.88. The van der Waals surface area contributed by atoms with Gasteiger partial charge in [-0.15, -0.1) is 0 Å². The highest BCUT2D eigenvalue weighted by atomic mass is 32.2. The summed E-state index contributed by atoms with van der Waals surface area (Å²) in [6, 6.07) is 6.53. The van der Waals surface area contributed by atoms with E-state index in [2.05, 4.69) is 5.32 Å². The summed E-state index contributed by atoms with van der Waals surface area (Å²) < 4.78 is 0. The molecule has 1 aromatic rings. The van der Waals surface area contributed by atoms with E-state index >= 15 is 0 Å². The molecule has 2 rings (SSSR count). The Hall–Kier alpha value is -1.20. The minimum Gasteiger partial charge on any atom is -0.508 e. The van der Waals surface area contributed by atoms with Crippen LogP contribution in [0.15, 0.2) is 24.3 Å². The number of rotatable bonds is 4. The van der Waals surface area contributed by atoms with Crippen LogP contribution in [-0.2, 0) is 11.2 Å². The van der Waals surface area contributed by atoms with Crippen molar-refractivity contribution < 1.29 is 9.90 Å². The molecule has 1 fully saturated rings. The van der Waals surface area contributed by atoms with Gasteiger partial charge in [-0.1, -0.05) is 12.1 Å². The van der Waals surface area contributed by atoms with Crippen molar-refractivity contribution in [2.75, 3.05) is 11.5 Å². The van der Waals surface area contributed by atoms with E-state index in [1.165, 1.54) is 5.75 Å². The van der Waals surface area contributed by atoms with Gasteiger partial charge in [-0.05, 0) is 42.7 Å². The van der Waals surface area contributed by atoms with Crippen LogP contribution in [0, 0.1) is 0 Å². The van der Waals surface area contributed by atoms with Crippen molar-refractivity contribution in [2.45, 2.75) is 31.3 Å². The zero-order valence-electron chi connectivity index (χ0n) is 10.8. The Kier molecular flexibility index (Phi) is 5.10. The van der Waals surface area contributed by atoms with E-state index < -0.39 is 6.04 Å². The molecular formula is C14H20N2O2S. The minimum absolute atomic E-state index is 0.0828. The van der Waals surface area contributed by atoms with Crippen molar-refractivity contribution in [3.63, 3.8) is 0 Å². The average Bonchev–Trinajstić information content (AvgIpc) is 2.42. The lowest BCUT2D eigenvalue weighted by atomic mass is 10.1. The predicted octanol–water partition coefficient (Wildman–Crippen LogP) is 1.27. The number of nitrogens with one attached hydrogen (secondary N) is 1. The van der Waals surface area contributed by atoms with Gasteiger partial charge in [0.05, 0.1) is 6.04 Å². The maximum atomic E-state index is 12.0. The first-order valence-electron chi connectivity index (χ1n) is 6.57. The molecule has 4 nitrogen and oxygen atoms in total. The Morgan fingerprint density at radius 3 is 2.84 bits per heavy atom. The summed E-state index contributed by atoms with van der Waals surface area (Å²) in [5.74, 6) is 2.31. The number of nitrogens with two attached hydrogens (primary N) is 1. The van der Waals surface area contributed by atoms with E-state index in [-0.39, 0.29) is 17.7 Å². The molecule has 0 radical (unpaired) electrons. The summed E-state index contributed by atoms with van der Waals surface area (Å²) in [5.41, 5.74) is 6.88. The van der Waals surface area contributed by atoms with E-state index in [0.29, 0.717) is 6.42 Å². The van der Waals surface area contributed by atoms with Gasteiger partial charge in [-0.3, -0.25) is 4.79 Å². The zero-order chi connectivity index (χ0) is 13.7. The van der Waals surface area contributed by atoms with Crippen molar-refractivity contribution in [3.05, 3.63) is 29.8 Å². The lowest BCUT2D eigenvalue weighted by Gasteiger charge is -2.24. The van der Waals surface area contributed by atoms with Gasteiger partial charge in [0.25, 0.3) is 0 Å². The molecule has 19 heavy (non-hydrogen) atoms. The van der Waals surface area contributed by atoms with E-state index in [9.17, 15) is 9.90 Å². The smallest absolute Gasteiger partial charge is 0.237 e. The molecule has 104 valence electrons. The summed E-state index contributed by atoms with van der Waals surface area (Å²) in [4.78, 5) is 12.0. The molecule has 4 N–H and O–H groups in total. The molecule has 0 bridgehead atoms. The highest BCUT2D eigenvalue weighted by molar-refractivity contribution is 7.99. The number of amides is 1. The highest BCUT2D eigenvalue weighted by Gasteiger charge is 2.20. The molecule has 1 aliphatic rings. The van der Waals surface area contributed by atoms with Crippen molar-refractivity contribution in [1.82, 2.24) is 5.32 Å². The summed E-state index contributed by atoms with van der Waals surface area (Å²) in [6.45, 7) is 0. The van der Waals surface area contributed by atoms with Crippen LogP contribution in [0.25, 0.3) is 0 Å². The van der Waals surface area contributed by atoms with Crippen LogP contribution in [-0.4, -0.2) is 34.6 Å². The van der Waals surface area contributed by atoms with E-state index in [0.717, 1.165) is 24.2 Å². The van der Waals surface area contributed by atoms with Crippen molar-refractivity contribution >= 4 is 17.7 Å². The SMILES string of the molecule is N[C@H](Cc1ccc(O)cc1)C(=O)NC1CCCSC1. The third kappa shape index (κ3) is 4.44. The molecule has 1 aromatic carbocycles. The number of aromatic hydroxyl groups is 1. The number of phenols is 1. The maximum Gasteiger partial charge on any atom is 0.237 e. The largest absolute Gasteiger partial charge is 0.508 e. The number of carbonyl (C=O) groups is 1. The van der Waals surface area contributed by atoms with Crippen LogP contribution < -0.4 is 11.1 Å². The maximum absolute atomic E-state index is 12.0. The van der Waals surface area contributed by atoms with E-state index in [1.54, 1.807) is 24.3 Å². The Labute approximate surface area is 117 Å². The minimum atomic E-state index is -0.531. The van der Waals surface area contributed by atoms with Gasteiger partial charge >= 0.3 is 0 Å². The molecule has 1 aliphatic heterocycles. The molecule has 2 atom stereocenters. The molecule has 1 unspecified atom stereocenters. The first-order valence-corrected chi connectivity index (χ1v) is 7.72. The van der Waals surface area contributed by atoms with Crippen LogP contribution >= 0.6 is 11.8 Å². The van der Waals surface area contributed by atoms with E-state index in [1.807, 2.05) is 11.8 Å². The first-order chi connectivity index (χ1) is 9.15. The summed E-state index contributed by atoms with van der Waals surface area (Å²) in [7, 11) is 0. The number of hydrogen-bond acceptors (Lipinski definition) is 4. The Morgan fingerprint density at radius 2 is 2.21 bits per heavy atom. The standard InChI is InChI=1S/C14H20N2O2S/c15-13(8-10-3-5-12(17)6-4-10)14(18)16-11-2-1-7-19-9-11/h3-6,11,13,17H,1-2,7-9,15H2,(H,16,18)/t11?,13-/m1/s1. The zero-order valence-corrected chi connectivity index (χ0v) is 11.7. The van der Waals surface area contributed by atoms with Gasteiger partial charge in [0.1, 0.15) is 5.75 Å². The van der Waals surface area contributed by atoms with Crippen molar-refractivity contribution in [2.24, 2.45) is 5.73 Å². The normalized spacial score (nSPS) is 20.8. The third-order valence-electron chi connectivity index (χ3n) is 3.24. The van der Waals surface area contributed by atoms with Crippen molar-refractivity contribution in [1.29, 1.82) is 0 Å². The lowest BCUT2D eigenvalue weighted by molar-refractivity contribution is -0.122. The van der Waals surface area contributed by atoms with Crippen LogP contribution in [0.2, 0.25) is 0 Å². The topological polar surface area (TPSA) is 75.3 Å². The Morgan fingerprint density at radius 1 is 1.47 bits per heavy atom. The summed E-state index contributed by atoms with van der Waals surface area (Å²) in [6.07, 6.45) is 2.69. The molecular weight excluding hydrogens is 260 g/mol. The first kappa shape index (κ1) is 14.2. The number of hydrogen-bond donors (Lipinski definition) is 3. The molecule has 0 saturated carbocycles. The lowest BCUT2D eigenvalue weighted by Crippen LogP contribution is -2.47. The van der Waals surface area contributed by atoms with Crippen LogP contribution in [0.3, 0.4) is 0 Å². The molecule has 1 heterocycles. The molecule has 0 aliphatic carbocycles. The fourth-order valence-electron chi connectivity index (χ4n) is 2.14. The van der Waals surface area contributed by atoms with Gasteiger partial charge in [-0.2, -0.15) is 11.8 Å². The van der Waals surface area contributed by atoms with Crippen molar-refractivity contribution in [3.8, 4) is 5.75 Å². The fourth-order valence-corrected chi connectivity index (χ4v) is 3.21. The quantitative estimate of drug-likeness (QED) is 0.776. The second kappa shape index (κ2) is 6.82. The number of phenolic OH excluding ortho intramolecular Hbond substituents is 1. The third-order valence-corrected chi connectivity index (χ3v) is 4.45. The molecule has 5 heteroatoms. The van der Waals surface area contributed by atoms with Gasteiger partial charge in [0, 0.05) is 11.8 Å². The molecule has 1 saturated heterocycles. The molecule has 0 aromatic heterocycles. The van der Waals surface area contributed by atoms with Crippen LogP contribution in [0.1, 0.15) is 18.4 Å². The predicted molar refractivity (Wildman–Crippen MR) is 78.3 cm³/mol. The number of thioether (sulfide) groups is 1. The van der Waals surface area contributed by atoms with E-state index in [4.69, 9.17) is 5.73 Å². The average molecular weight is 280 g/mol. The number of carbonyl (C=O) groups excluding carboxylic acids is 1. The monoisotopic (exact) mass is 280 g/mol. The molecule has 0 spiro atoms. The molecule has 1 amide bonds. The fraction of sp³-hybridized carbons (Fsp3) is 0.500. The van der Waals surface area contributed by atoms with Gasteiger partial charge in [-0.25, -0.2) is 0 Å².